The largest absolute Gasteiger partial charge is 0.302 e. The summed E-state index contributed by atoms with van der Waals surface area (Å²) in [6.07, 6.45) is 0. The van der Waals surface area contributed by atoms with Crippen LogP contribution in [0.25, 0.3) is 21.5 Å². The van der Waals surface area contributed by atoms with Gasteiger partial charge < -0.3 is 4.90 Å². The molecule has 0 spiro atoms. The molecule has 0 aliphatic carbocycles. The van der Waals surface area contributed by atoms with Crippen LogP contribution in [0.15, 0.2) is 69.4 Å². The van der Waals surface area contributed by atoms with E-state index in [4.69, 9.17) is 0 Å². The van der Waals surface area contributed by atoms with Crippen LogP contribution >= 0.6 is 23.1 Å². The summed E-state index contributed by atoms with van der Waals surface area (Å²) in [6.45, 7) is 4.18. The van der Waals surface area contributed by atoms with E-state index in [2.05, 4.69) is 103 Å². The van der Waals surface area contributed by atoms with E-state index in [1.807, 2.05) is 0 Å². The molecule has 0 unspecified atom stereocenters. The highest BCUT2D eigenvalue weighted by atomic mass is 32.1. The normalized spacial score (nSPS) is 11.9. The number of benzene rings is 3. The Kier molecular flexibility index (Phi) is 5.07. The van der Waals surface area contributed by atoms with Crippen LogP contribution in [-0.4, -0.2) is 8.75 Å². The predicted molar refractivity (Wildman–Crippen MR) is 141 cm³/mol. The molecule has 5 aromatic rings. The van der Waals surface area contributed by atoms with Gasteiger partial charge in [-0.2, -0.15) is 22.7 Å². The van der Waals surface area contributed by atoms with E-state index in [0.717, 1.165) is 49.9 Å². The molecule has 6 rings (SSSR count). The second-order valence-corrected chi connectivity index (χ2v) is 10.0. The third kappa shape index (κ3) is 3.35. The van der Waals surface area contributed by atoms with Gasteiger partial charge >= 0.3 is 0 Å². The molecule has 0 radical (unpaired) electrons. The first-order chi connectivity index (χ1) is 16.6. The maximum absolute atomic E-state index is 9.72. The van der Waals surface area contributed by atoms with Crippen LogP contribution < -0.4 is 4.90 Å². The van der Waals surface area contributed by atoms with E-state index in [1.165, 1.54) is 11.1 Å². The summed E-state index contributed by atoms with van der Waals surface area (Å²) in [4.78, 5) is 3.27. The first kappa shape index (κ1) is 20.9. The molecule has 9 heteroatoms. The number of fused-ring (bicyclic) bond motifs is 2. The lowest BCUT2D eigenvalue weighted by molar-refractivity contribution is 1.29. The number of rotatable bonds is 4. The zero-order chi connectivity index (χ0) is 23.2. The van der Waals surface area contributed by atoms with E-state index < -0.39 is 0 Å². The first-order valence-electron chi connectivity index (χ1n) is 10.5. The van der Waals surface area contributed by atoms with E-state index in [1.54, 1.807) is 11.3 Å². The molecule has 6 nitrogen and oxygen atoms in total. The van der Waals surface area contributed by atoms with Gasteiger partial charge in [-0.15, -0.1) is 11.3 Å². The van der Waals surface area contributed by atoms with Gasteiger partial charge in [-0.3, -0.25) is 0 Å². The van der Waals surface area contributed by atoms with Crippen LogP contribution in [0.3, 0.4) is 0 Å². The van der Waals surface area contributed by atoms with Crippen LogP contribution in [0.4, 0.5) is 27.8 Å². The van der Waals surface area contributed by atoms with Crippen LogP contribution in [0.2, 0.25) is 0 Å². The molecule has 2 aromatic heterocycles. The van der Waals surface area contributed by atoms with Crippen molar-refractivity contribution < 1.29 is 0 Å². The fourth-order valence-electron chi connectivity index (χ4n) is 3.97. The number of aromatic nitrogens is 2. The number of anilines is 3. The lowest BCUT2D eigenvalue weighted by atomic mass is 10.0. The van der Waals surface area contributed by atoms with Gasteiger partial charge in [0.1, 0.15) is 39.0 Å². The Morgan fingerprint density at radius 3 is 2.03 bits per heavy atom. The van der Waals surface area contributed by atoms with Gasteiger partial charge in [0.05, 0.1) is 28.6 Å². The molecule has 1 aliphatic heterocycles. The Morgan fingerprint density at radius 1 is 0.765 bits per heavy atom. The molecular weight excluding hydrogens is 481 g/mol. The average molecular weight is 497 g/mol. The molecule has 0 saturated heterocycles. The zero-order valence-electron chi connectivity index (χ0n) is 18.2. The molecule has 0 amide bonds. The highest BCUT2D eigenvalue weighted by Gasteiger charge is 2.26. The van der Waals surface area contributed by atoms with Gasteiger partial charge in [-0.25, -0.2) is 0 Å². The van der Waals surface area contributed by atoms with Gasteiger partial charge in [-0.05, 0) is 50.2 Å². The molecule has 0 fully saturated rings. The fraction of sp³-hybridized carbons (Fsp3) is 0.0800. The topological polar surface area (TPSA) is 77.5 Å². The van der Waals surface area contributed by atoms with Crippen molar-refractivity contribution in [1.82, 2.24) is 8.75 Å². The summed E-state index contributed by atoms with van der Waals surface area (Å²) in [5.41, 5.74) is 8.51. The van der Waals surface area contributed by atoms with Crippen molar-refractivity contribution in [3.05, 3.63) is 77.4 Å². The quantitative estimate of drug-likeness (QED) is 0.247. The van der Waals surface area contributed by atoms with Gasteiger partial charge in [0, 0.05) is 16.3 Å². The molecule has 34 heavy (non-hydrogen) atoms. The number of nitrogens with zero attached hydrogens (tertiary/aromatic N) is 6. The van der Waals surface area contributed by atoms with Crippen molar-refractivity contribution in [3.8, 4) is 16.5 Å². The molecule has 1 aliphatic rings. The fourth-order valence-corrected chi connectivity index (χ4v) is 6.18. The molecule has 3 heterocycles. The third-order valence-corrected chi connectivity index (χ3v) is 7.82. The smallest absolute Gasteiger partial charge is 0.125 e. The monoisotopic (exact) mass is 496 g/mol. The highest BCUT2D eigenvalue weighted by Crippen LogP contribution is 2.51. The van der Waals surface area contributed by atoms with E-state index in [-0.39, 0.29) is 0 Å². The average Bonchev–Trinajstić information content (AvgIpc) is 3.61. The van der Waals surface area contributed by atoms with Crippen molar-refractivity contribution in [2.75, 3.05) is 4.90 Å². The number of aryl methyl sites for hydroxylation is 2. The minimum Gasteiger partial charge on any atom is -0.302 e. The van der Waals surface area contributed by atoms with Crippen LogP contribution in [0.1, 0.15) is 16.7 Å². The molecule has 3 aromatic carbocycles. The summed E-state index contributed by atoms with van der Waals surface area (Å²) in [6, 6.07) is 23.5. The Hall–Kier alpha value is -3.71. The third-order valence-electron chi connectivity index (χ3n) is 5.68. The summed E-state index contributed by atoms with van der Waals surface area (Å²) in [7, 11) is 0. The SMILES string of the molecule is Cc1ccc(N(c2ccc(C)cc2)c2ccc(-c3c4c(c(C#N)c5nsnc35)N=S=N4)s2)cc1. The van der Waals surface area contributed by atoms with E-state index >= 15 is 0 Å². The molecule has 0 saturated carbocycles. The van der Waals surface area contributed by atoms with Crippen LogP contribution in [-0.2, 0) is 11.4 Å². The first-order valence-corrected chi connectivity index (χ1v) is 12.8. The number of nitriles is 1. The summed E-state index contributed by atoms with van der Waals surface area (Å²) in [5, 5.41) is 10.8. The highest BCUT2D eigenvalue weighted by molar-refractivity contribution is 7.58. The second kappa shape index (κ2) is 8.25. The van der Waals surface area contributed by atoms with Crippen LogP contribution in [0.5, 0.6) is 0 Å². The summed E-state index contributed by atoms with van der Waals surface area (Å²) >= 11 is 3.87. The Morgan fingerprint density at radius 2 is 1.38 bits per heavy atom. The van der Waals surface area contributed by atoms with E-state index in [9.17, 15) is 5.26 Å². The van der Waals surface area contributed by atoms with Crippen molar-refractivity contribution in [2.24, 2.45) is 8.73 Å². The van der Waals surface area contributed by atoms with E-state index in [0.29, 0.717) is 28.0 Å². The maximum atomic E-state index is 9.72. The Labute approximate surface area is 208 Å². The molecule has 0 atom stereocenters. The molecule has 164 valence electrons. The molecule has 0 bridgehead atoms. The van der Waals surface area contributed by atoms with Gasteiger partial charge in [0.25, 0.3) is 0 Å². The number of thiophene rings is 1. The maximum Gasteiger partial charge on any atom is 0.125 e. The van der Waals surface area contributed by atoms with Crippen LogP contribution in [0, 0.1) is 25.2 Å². The number of hydrogen-bond donors (Lipinski definition) is 0. The second-order valence-electron chi connectivity index (χ2n) is 7.93. The molecular formula is C25H16N6S3. The minimum absolute atomic E-state index is 0.439. The van der Waals surface area contributed by atoms with Gasteiger partial charge in [0.15, 0.2) is 0 Å². The van der Waals surface area contributed by atoms with Gasteiger partial charge in [-0.1, -0.05) is 35.4 Å². The Balaban J connectivity index is 1.54. The molecule has 0 N–H and O–H groups in total. The summed E-state index contributed by atoms with van der Waals surface area (Å²) < 4.78 is 17.9. The van der Waals surface area contributed by atoms with Crippen molar-refractivity contribution in [2.45, 2.75) is 13.8 Å². The lowest BCUT2D eigenvalue weighted by Gasteiger charge is -2.24. The summed E-state index contributed by atoms with van der Waals surface area (Å²) in [5.74, 6) is 0. The van der Waals surface area contributed by atoms with Crippen molar-refractivity contribution in [3.63, 3.8) is 0 Å². The van der Waals surface area contributed by atoms with Crippen molar-refractivity contribution in [1.29, 1.82) is 5.26 Å². The standard InChI is InChI=1S/C25H16N6S3/c1-14-3-7-16(8-4-14)31(17-9-5-15(2)6-10-17)20-12-11-19(32-20)21-24-22(27-33-29-24)18(13-26)23-25(21)30-34-28-23/h3-12H,1-2H3. The minimum atomic E-state index is 0.439. The Bertz CT molecular complexity index is 1620. The predicted octanol–water partition coefficient (Wildman–Crippen LogP) is 8.10. The number of hydrogen-bond acceptors (Lipinski definition) is 8. The van der Waals surface area contributed by atoms with Crippen molar-refractivity contribution >= 4 is 73.2 Å². The zero-order valence-corrected chi connectivity index (χ0v) is 20.6. The van der Waals surface area contributed by atoms with Gasteiger partial charge in [0.2, 0.25) is 0 Å². The lowest BCUT2D eigenvalue weighted by Crippen LogP contribution is -2.08.